The van der Waals surface area contributed by atoms with Crippen molar-refractivity contribution in [3.05, 3.63) is 51.2 Å². The van der Waals surface area contributed by atoms with E-state index in [1.54, 1.807) is 16.2 Å². The van der Waals surface area contributed by atoms with Gasteiger partial charge in [-0.3, -0.25) is 9.59 Å². The van der Waals surface area contributed by atoms with E-state index in [0.717, 1.165) is 17.7 Å². The fourth-order valence-corrected chi connectivity index (χ4v) is 4.79. The smallest absolute Gasteiger partial charge is 0.242 e. The first-order valence-electron chi connectivity index (χ1n) is 10.3. The minimum Gasteiger partial charge on any atom is -0.491 e. The van der Waals surface area contributed by atoms with E-state index in [4.69, 9.17) is 4.74 Å². The molecule has 6 heteroatoms. The van der Waals surface area contributed by atoms with Gasteiger partial charge >= 0.3 is 0 Å². The Morgan fingerprint density at radius 2 is 2.03 bits per heavy atom. The maximum atomic E-state index is 13.1. The molecule has 29 heavy (non-hydrogen) atoms. The summed E-state index contributed by atoms with van der Waals surface area (Å²) in [4.78, 5) is 30.1. The molecule has 2 aromatic rings. The number of fused-ring (bicyclic) bond motifs is 1. The average Bonchev–Trinajstić information content (AvgIpc) is 3.19. The number of carbonyl (C=O) groups excluding carboxylic acids is 2. The summed E-state index contributed by atoms with van der Waals surface area (Å²) in [6.07, 6.45) is 1.27. The Balaban J connectivity index is 1.78. The molecule has 1 aromatic heterocycles. The van der Waals surface area contributed by atoms with E-state index >= 15 is 0 Å². The number of hydrogen-bond acceptors (Lipinski definition) is 4. The molecule has 2 heterocycles. The Bertz CT molecular complexity index is 877. The lowest BCUT2D eigenvalue weighted by atomic mass is 10.00. The number of rotatable bonds is 7. The van der Waals surface area contributed by atoms with E-state index in [1.807, 2.05) is 37.8 Å². The molecular weight excluding hydrogens is 384 g/mol. The standard InChI is InChI=1S/C23H30N2O3S/c1-5-22(26)24(6-2)14-23(27)25-11-9-21-18(10-12-29-21)19(25)15-28-20-8-7-16(3)13-17(20)4/h7-8,10,12-13,19H,5-6,9,11,14-15H2,1-4H3. The van der Waals surface area contributed by atoms with Crippen LogP contribution in [0.1, 0.15) is 47.9 Å². The zero-order valence-electron chi connectivity index (χ0n) is 17.7. The van der Waals surface area contributed by atoms with Crippen LogP contribution in [0.25, 0.3) is 0 Å². The largest absolute Gasteiger partial charge is 0.491 e. The van der Waals surface area contributed by atoms with Gasteiger partial charge in [-0.15, -0.1) is 11.3 Å². The van der Waals surface area contributed by atoms with Gasteiger partial charge in [-0.05, 0) is 55.8 Å². The molecule has 2 amide bonds. The Hall–Kier alpha value is -2.34. The quantitative estimate of drug-likeness (QED) is 0.685. The number of thiophene rings is 1. The number of likely N-dealkylation sites (N-methyl/N-ethyl adjacent to an activating group) is 1. The van der Waals surface area contributed by atoms with Crippen LogP contribution in [0.5, 0.6) is 5.75 Å². The van der Waals surface area contributed by atoms with E-state index in [0.29, 0.717) is 26.1 Å². The summed E-state index contributed by atoms with van der Waals surface area (Å²) in [6.45, 7) is 9.58. The molecule has 3 rings (SSSR count). The predicted octanol–water partition coefficient (Wildman–Crippen LogP) is 4.13. The minimum absolute atomic E-state index is 0.0113. The third-order valence-corrected chi connectivity index (χ3v) is 6.50. The van der Waals surface area contributed by atoms with Gasteiger partial charge in [-0.2, -0.15) is 0 Å². The highest BCUT2D eigenvalue weighted by molar-refractivity contribution is 7.10. The summed E-state index contributed by atoms with van der Waals surface area (Å²) in [6, 6.07) is 8.10. The highest BCUT2D eigenvalue weighted by Gasteiger charge is 2.33. The van der Waals surface area contributed by atoms with Crippen LogP contribution in [0, 0.1) is 13.8 Å². The molecule has 0 saturated heterocycles. The van der Waals surface area contributed by atoms with E-state index in [2.05, 4.69) is 24.4 Å². The van der Waals surface area contributed by atoms with Crippen LogP contribution in [0.15, 0.2) is 29.6 Å². The van der Waals surface area contributed by atoms with Gasteiger partial charge in [-0.25, -0.2) is 0 Å². The topological polar surface area (TPSA) is 49.9 Å². The number of aryl methyl sites for hydroxylation is 2. The second-order valence-corrected chi connectivity index (χ2v) is 8.49. The van der Waals surface area contributed by atoms with Crippen molar-refractivity contribution in [1.29, 1.82) is 0 Å². The van der Waals surface area contributed by atoms with Gasteiger partial charge in [0, 0.05) is 24.4 Å². The van der Waals surface area contributed by atoms with Crippen LogP contribution in [0.2, 0.25) is 0 Å². The van der Waals surface area contributed by atoms with E-state index in [9.17, 15) is 9.59 Å². The fourth-order valence-electron chi connectivity index (χ4n) is 3.86. The normalized spacial score (nSPS) is 15.7. The van der Waals surface area contributed by atoms with Gasteiger partial charge in [0.1, 0.15) is 12.4 Å². The molecule has 1 aliphatic heterocycles. The van der Waals surface area contributed by atoms with Crippen molar-refractivity contribution in [2.24, 2.45) is 0 Å². The highest BCUT2D eigenvalue weighted by atomic mass is 32.1. The third-order valence-electron chi connectivity index (χ3n) is 5.51. The predicted molar refractivity (Wildman–Crippen MR) is 116 cm³/mol. The first kappa shape index (κ1) is 21.4. The second kappa shape index (κ2) is 9.44. The molecule has 1 atom stereocenters. The van der Waals surface area contributed by atoms with Gasteiger partial charge in [-0.1, -0.05) is 24.6 Å². The van der Waals surface area contributed by atoms with Gasteiger partial charge in [0.2, 0.25) is 11.8 Å². The molecule has 0 spiro atoms. The monoisotopic (exact) mass is 414 g/mol. The zero-order chi connectivity index (χ0) is 21.0. The molecule has 156 valence electrons. The number of amides is 2. The second-order valence-electron chi connectivity index (χ2n) is 7.49. The van der Waals surface area contributed by atoms with Gasteiger partial charge in [0.05, 0.1) is 12.6 Å². The van der Waals surface area contributed by atoms with Crippen LogP contribution >= 0.6 is 11.3 Å². The maximum absolute atomic E-state index is 13.1. The number of benzene rings is 1. The zero-order valence-corrected chi connectivity index (χ0v) is 18.6. The van der Waals surface area contributed by atoms with Gasteiger partial charge in [0.15, 0.2) is 0 Å². The van der Waals surface area contributed by atoms with Crippen LogP contribution < -0.4 is 4.74 Å². The summed E-state index contributed by atoms with van der Waals surface area (Å²) in [5.74, 6) is 0.846. The molecule has 0 radical (unpaired) electrons. The number of ether oxygens (including phenoxy) is 1. The lowest BCUT2D eigenvalue weighted by Crippen LogP contribution is -2.47. The van der Waals surface area contributed by atoms with Crippen LogP contribution in [-0.4, -0.2) is 47.9 Å². The SMILES string of the molecule is CCC(=O)N(CC)CC(=O)N1CCc2sccc2C1COc1ccc(C)cc1C. The van der Waals surface area contributed by atoms with Crippen molar-refractivity contribution in [3.63, 3.8) is 0 Å². The molecule has 0 aliphatic carbocycles. The maximum Gasteiger partial charge on any atom is 0.242 e. The lowest BCUT2D eigenvalue weighted by Gasteiger charge is -2.37. The van der Waals surface area contributed by atoms with Crippen LogP contribution in [0.3, 0.4) is 0 Å². The van der Waals surface area contributed by atoms with E-state index in [-0.39, 0.29) is 24.4 Å². The fraction of sp³-hybridized carbons (Fsp3) is 0.478. The Morgan fingerprint density at radius 1 is 1.24 bits per heavy atom. The summed E-state index contributed by atoms with van der Waals surface area (Å²) >= 11 is 1.74. The Morgan fingerprint density at radius 3 is 2.72 bits per heavy atom. The van der Waals surface area contributed by atoms with Gasteiger partial charge < -0.3 is 14.5 Å². The summed E-state index contributed by atoms with van der Waals surface area (Å²) in [5.41, 5.74) is 3.46. The number of carbonyl (C=O) groups is 2. The average molecular weight is 415 g/mol. The first-order chi connectivity index (χ1) is 13.9. The highest BCUT2D eigenvalue weighted by Crippen LogP contribution is 2.34. The van der Waals surface area contributed by atoms with Crippen molar-refractivity contribution in [2.75, 3.05) is 26.2 Å². The molecule has 1 unspecified atom stereocenters. The molecule has 0 N–H and O–H groups in total. The molecule has 0 bridgehead atoms. The Kier molecular flexibility index (Phi) is 6.96. The van der Waals surface area contributed by atoms with Crippen molar-refractivity contribution in [1.82, 2.24) is 9.80 Å². The van der Waals surface area contributed by atoms with Crippen LogP contribution in [-0.2, 0) is 16.0 Å². The molecule has 1 aliphatic rings. The lowest BCUT2D eigenvalue weighted by molar-refractivity contribution is -0.142. The van der Waals surface area contributed by atoms with Gasteiger partial charge in [0.25, 0.3) is 0 Å². The number of hydrogen-bond donors (Lipinski definition) is 0. The van der Waals surface area contributed by atoms with E-state index < -0.39 is 0 Å². The molecule has 0 saturated carbocycles. The molecule has 1 aromatic carbocycles. The van der Waals surface area contributed by atoms with Crippen molar-refractivity contribution >= 4 is 23.2 Å². The van der Waals surface area contributed by atoms with Crippen molar-refractivity contribution < 1.29 is 14.3 Å². The molecule has 5 nitrogen and oxygen atoms in total. The van der Waals surface area contributed by atoms with Crippen molar-refractivity contribution in [3.8, 4) is 5.75 Å². The third kappa shape index (κ3) is 4.81. The summed E-state index contributed by atoms with van der Waals surface area (Å²) in [7, 11) is 0. The molecule has 0 fully saturated rings. The molecular formula is C23H30N2O3S. The van der Waals surface area contributed by atoms with E-state index in [1.165, 1.54) is 16.0 Å². The van der Waals surface area contributed by atoms with Crippen LogP contribution in [0.4, 0.5) is 0 Å². The number of nitrogens with zero attached hydrogens (tertiary/aromatic N) is 2. The minimum atomic E-state index is -0.131. The Labute approximate surface area is 177 Å². The summed E-state index contributed by atoms with van der Waals surface area (Å²) < 4.78 is 6.17. The first-order valence-corrected chi connectivity index (χ1v) is 11.2. The summed E-state index contributed by atoms with van der Waals surface area (Å²) in [5, 5.41) is 2.09. The van der Waals surface area contributed by atoms with Crippen molar-refractivity contribution in [2.45, 2.75) is 46.6 Å².